The zero-order valence-corrected chi connectivity index (χ0v) is 21.4. The summed E-state index contributed by atoms with van der Waals surface area (Å²) in [6.07, 6.45) is 2.87. The lowest BCUT2D eigenvalue weighted by Gasteiger charge is -2.39. The molecule has 1 aliphatic rings. The fraction of sp³-hybridized carbons (Fsp3) is 0.348. The highest BCUT2D eigenvalue weighted by Crippen LogP contribution is 2.39. The predicted molar refractivity (Wildman–Crippen MR) is 136 cm³/mol. The molecular weight excluding hydrogens is 558 g/mol. The van der Waals surface area contributed by atoms with Crippen LogP contribution in [0.3, 0.4) is 0 Å². The Bertz CT molecular complexity index is 1200. The Kier molecular flexibility index (Phi) is 6.76. The highest BCUT2D eigenvalue weighted by Gasteiger charge is 2.34. The van der Waals surface area contributed by atoms with Gasteiger partial charge in [-0.25, -0.2) is 9.18 Å². The van der Waals surface area contributed by atoms with Crippen LogP contribution in [0, 0.1) is 15.3 Å². The molecule has 1 fully saturated rings. The maximum atomic E-state index is 14.4. The third-order valence-corrected chi connectivity index (χ3v) is 6.82. The smallest absolute Gasteiger partial charge is 0.407 e. The average molecular weight is 582 g/mol. The summed E-state index contributed by atoms with van der Waals surface area (Å²) in [5, 5.41) is 7.18. The third kappa shape index (κ3) is 5.55. The van der Waals surface area contributed by atoms with E-state index in [0.717, 1.165) is 13.7 Å². The molecular formula is C23H24FIN4O3S. The van der Waals surface area contributed by atoms with Gasteiger partial charge in [-0.05, 0) is 67.6 Å². The van der Waals surface area contributed by atoms with E-state index in [9.17, 15) is 14.0 Å². The SMILES string of the molecule is CC(C)(C)OC(=O)NCC1CN(C(=O)c2c(Nc3ccc(I)cc3F)sc3ccncc23)C1. The summed E-state index contributed by atoms with van der Waals surface area (Å²) >= 11 is 3.44. The minimum absolute atomic E-state index is 0.142. The number of fused-ring (bicyclic) bond motifs is 1. The number of ether oxygens (including phenoxy) is 1. The number of benzene rings is 1. The van der Waals surface area contributed by atoms with Crippen molar-refractivity contribution in [2.24, 2.45) is 5.92 Å². The van der Waals surface area contributed by atoms with Crippen molar-refractivity contribution >= 4 is 66.7 Å². The molecule has 2 aromatic heterocycles. The van der Waals surface area contributed by atoms with Crippen molar-refractivity contribution in [2.45, 2.75) is 26.4 Å². The topological polar surface area (TPSA) is 83.6 Å². The van der Waals surface area contributed by atoms with Gasteiger partial charge in [0.25, 0.3) is 5.91 Å². The maximum Gasteiger partial charge on any atom is 0.407 e. The highest BCUT2D eigenvalue weighted by atomic mass is 127. The molecule has 4 rings (SSSR count). The lowest BCUT2D eigenvalue weighted by atomic mass is 9.98. The lowest BCUT2D eigenvalue weighted by molar-refractivity contribution is 0.0422. The van der Waals surface area contributed by atoms with E-state index in [-0.39, 0.29) is 17.6 Å². The van der Waals surface area contributed by atoms with E-state index in [1.165, 1.54) is 17.4 Å². The highest BCUT2D eigenvalue weighted by molar-refractivity contribution is 14.1. The first-order chi connectivity index (χ1) is 15.6. The van der Waals surface area contributed by atoms with Crippen LogP contribution in [0.15, 0.2) is 36.7 Å². The summed E-state index contributed by atoms with van der Waals surface area (Å²) in [5.74, 6) is -0.376. The van der Waals surface area contributed by atoms with Crippen molar-refractivity contribution < 1.29 is 18.7 Å². The minimum Gasteiger partial charge on any atom is -0.444 e. The zero-order valence-electron chi connectivity index (χ0n) is 18.4. The number of thiophene rings is 1. The zero-order chi connectivity index (χ0) is 23.8. The van der Waals surface area contributed by atoms with Gasteiger partial charge >= 0.3 is 6.09 Å². The molecule has 0 spiro atoms. The van der Waals surface area contributed by atoms with E-state index in [0.29, 0.717) is 35.9 Å². The Balaban J connectivity index is 1.47. The van der Waals surface area contributed by atoms with Crippen LogP contribution >= 0.6 is 33.9 Å². The summed E-state index contributed by atoms with van der Waals surface area (Å²) in [5.41, 5.74) is 0.242. The van der Waals surface area contributed by atoms with Gasteiger partial charge in [0.1, 0.15) is 16.4 Å². The number of carbonyl (C=O) groups is 2. The Labute approximate surface area is 208 Å². The molecule has 0 unspecified atom stereocenters. The van der Waals surface area contributed by atoms with E-state index in [2.05, 4.69) is 38.2 Å². The molecule has 0 bridgehead atoms. The van der Waals surface area contributed by atoms with Crippen molar-refractivity contribution in [3.8, 4) is 0 Å². The molecule has 33 heavy (non-hydrogen) atoms. The maximum absolute atomic E-state index is 14.4. The van der Waals surface area contributed by atoms with Crippen LogP contribution in [-0.2, 0) is 4.74 Å². The van der Waals surface area contributed by atoms with Crippen LogP contribution in [0.1, 0.15) is 31.1 Å². The number of hydrogen-bond donors (Lipinski definition) is 2. The number of likely N-dealkylation sites (tertiary alicyclic amines) is 1. The quantitative estimate of drug-likeness (QED) is 0.395. The molecule has 0 radical (unpaired) electrons. The number of alkyl carbamates (subject to hydrolysis) is 1. The standard InChI is InChI=1S/C23H24FIN4O3S/c1-23(2,3)32-22(31)27-9-13-11-29(12-13)21(30)19-15-10-26-7-6-18(15)33-20(19)28-17-5-4-14(25)8-16(17)24/h4-8,10,13,28H,9,11-12H2,1-3H3,(H,27,31). The van der Waals surface area contributed by atoms with Crippen LogP contribution in [0.2, 0.25) is 0 Å². The van der Waals surface area contributed by atoms with Crippen LogP contribution in [0.5, 0.6) is 0 Å². The Morgan fingerprint density at radius 3 is 2.76 bits per heavy atom. The van der Waals surface area contributed by atoms with E-state index in [1.54, 1.807) is 29.4 Å². The van der Waals surface area contributed by atoms with E-state index < -0.39 is 11.7 Å². The van der Waals surface area contributed by atoms with Crippen LogP contribution in [0.4, 0.5) is 19.9 Å². The Morgan fingerprint density at radius 2 is 2.06 bits per heavy atom. The van der Waals surface area contributed by atoms with Gasteiger partial charge in [0.05, 0.1) is 11.3 Å². The molecule has 3 heterocycles. The van der Waals surface area contributed by atoms with Crippen LogP contribution in [-0.4, -0.2) is 47.1 Å². The number of hydrogen-bond acceptors (Lipinski definition) is 6. The summed E-state index contributed by atoms with van der Waals surface area (Å²) in [7, 11) is 0. The van der Waals surface area contributed by atoms with Crippen molar-refractivity contribution in [2.75, 3.05) is 25.0 Å². The Morgan fingerprint density at radius 1 is 1.30 bits per heavy atom. The normalized spacial score (nSPS) is 14.2. The van der Waals surface area contributed by atoms with Crippen LogP contribution < -0.4 is 10.6 Å². The summed E-state index contributed by atoms with van der Waals surface area (Å²) in [4.78, 5) is 31.1. The van der Waals surface area contributed by atoms with Gasteiger partial charge in [-0.1, -0.05) is 0 Å². The van der Waals surface area contributed by atoms with Crippen molar-refractivity contribution in [3.05, 3.63) is 51.6 Å². The summed E-state index contributed by atoms with van der Waals surface area (Å²) in [6, 6.07) is 6.75. The molecule has 0 atom stereocenters. The molecule has 10 heteroatoms. The van der Waals surface area contributed by atoms with Crippen molar-refractivity contribution in [3.63, 3.8) is 0 Å². The number of pyridine rings is 1. The first-order valence-corrected chi connectivity index (χ1v) is 12.3. The van der Waals surface area contributed by atoms with Gasteiger partial charge in [0, 0.05) is 51.6 Å². The molecule has 7 nitrogen and oxygen atoms in total. The molecule has 1 aromatic carbocycles. The number of rotatable bonds is 5. The van der Waals surface area contributed by atoms with Crippen LogP contribution in [0.25, 0.3) is 10.1 Å². The molecule has 0 aliphatic carbocycles. The summed E-state index contributed by atoms with van der Waals surface area (Å²) in [6.45, 7) is 6.90. The molecule has 2 amide bonds. The number of aromatic nitrogens is 1. The molecule has 3 aromatic rings. The number of halogens is 2. The molecule has 0 saturated carbocycles. The van der Waals surface area contributed by atoms with Gasteiger partial charge in [-0.3, -0.25) is 9.78 Å². The summed E-state index contributed by atoms with van der Waals surface area (Å²) < 4.78 is 21.4. The molecule has 1 saturated heterocycles. The van der Waals surface area contributed by atoms with E-state index in [4.69, 9.17) is 4.74 Å². The van der Waals surface area contributed by atoms with E-state index in [1.807, 2.05) is 26.8 Å². The van der Waals surface area contributed by atoms with Gasteiger partial charge in [-0.2, -0.15) is 0 Å². The van der Waals surface area contributed by atoms with Gasteiger partial charge < -0.3 is 20.3 Å². The number of anilines is 2. The number of amides is 2. The average Bonchev–Trinajstić information content (AvgIpc) is 3.05. The Hall–Kier alpha value is -2.47. The second kappa shape index (κ2) is 9.41. The van der Waals surface area contributed by atoms with Gasteiger partial charge in [0.15, 0.2) is 0 Å². The first-order valence-electron chi connectivity index (χ1n) is 10.5. The van der Waals surface area contributed by atoms with Crippen molar-refractivity contribution in [1.29, 1.82) is 0 Å². The third-order valence-electron chi connectivity index (χ3n) is 5.06. The second-order valence-electron chi connectivity index (χ2n) is 8.89. The van der Waals surface area contributed by atoms with E-state index >= 15 is 0 Å². The van der Waals surface area contributed by atoms with Gasteiger partial charge in [0.2, 0.25) is 0 Å². The van der Waals surface area contributed by atoms with Crippen molar-refractivity contribution in [1.82, 2.24) is 15.2 Å². The number of nitrogens with zero attached hydrogens (tertiary/aromatic N) is 2. The predicted octanol–water partition coefficient (Wildman–Crippen LogP) is 5.38. The fourth-order valence-corrected chi connectivity index (χ4v) is 5.05. The molecule has 1 aliphatic heterocycles. The molecule has 2 N–H and O–H groups in total. The number of carbonyl (C=O) groups excluding carboxylic acids is 2. The minimum atomic E-state index is -0.556. The largest absolute Gasteiger partial charge is 0.444 e. The first kappa shape index (κ1) is 23.7. The lowest BCUT2D eigenvalue weighted by Crippen LogP contribution is -2.54. The monoisotopic (exact) mass is 582 g/mol. The molecule has 174 valence electrons. The van der Waals surface area contributed by atoms with Gasteiger partial charge in [-0.15, -0.1) is 11.3 Å². The fourth-order valence-electron chi connectivity index (χ4n) is 3.52. The second-order valence-corrected chi connectivity index (χ2v) is 11.2. The number of nitrogens with one attached hydrogen (secondary N) is 2.